The fourth-order valence-corrected chi connectivity index (χ4v) is 8.61. The minimum Gasteiger partial charge on any atom is -0.481 e. The summed E-state index contributed by atoms with van der Waals surface area (Å²) in [7, 11) is 1.00. The van der Waals surface area contributed by atoms with Crippen molar-refractivity contribution in [3.63, 3.8) is 0 Å². The highest BCUT2D eigenvalue weighted by Crippen LogP contribution is 2.18. The number of halogens is 1. The van der Waals surface area contributed by atoms with E-state index in [1.165, 1.54) is 0 Å². The van der Waals surface area contributed by atoms with E-state index in [2.05, 4.69) is 37.2 Å². The summed E-state index contributed by atoms with van der Waals surface area (Å²) in [6.45, 7) is 2.06. The van der Waals surface area contributed by atoms with Crippen molar-refractivity contribution in [1.82, 2.24) is 40.4 Å². The van der Waals surface area contributed by atoms with Gasteiger partial charge in [0, 0.05) is 102 Å². The molecule has 3 atom stereocenters. The zero-order valence-corrected chi connectivity index (χ0v) is 44.9. The molecule has 25 nitrogen and oxygen atoms in total. The first-order valence-electron chi connectivity index (χ1n) is 24.6. The van der Waals surface area contributed by atoms with E-state index < -0.39 is 72.8 Å². The van der Waals surface area contributed by atoms with Gasteiger partial charge in [0.25, 0.3) is 0 Å². The van der Waals surface area contributed by atoms with Gasteiger partial charge in [0.2, 0.25) is 5.91 Å². The molecule has 3 amide bonds. The van der Waals surface area contributed by atoms with Crippen LogP contribution in [0, 0.1) is 0 Å². The van der Waals surface area contributed by atoms with Crippen LogP contribution < -0.4 is 21.3 Å². The summed E-state index contributed by atoms with van der Waals surface area (Å²) in [5, 5.41) is 75.0. The van der Waals surface area contributed by atoms with Gasteiger partial charge < -0.3 is 66.7 Å². The maximum atomic E-state index is 13.6. The fraction of sp³-hybridized carbons (Fsp3) is 0.551. The Hall–Kier alpha value is -6.36. The predicted molar refractivity (Wildman–Crippen MR) is 285 cm³/mol. The number of carbonyl (C=O) groups excluding carboxylic acids is 3. The molecule has 1 aliphatic rings. The number of carboxylic acids is 6. The molecule has 27 heteroatoms. The number of aldehydes is 1. The summed E-state index contributed by atoms with van der Waals surface area (Å²) in [5.41, 5.74) is 2.37. The summed E-state index contributed by atoms with van der Waals surface area (Å²) >= 11 is 8.95. The summed E-state index contributed by atoms with van der Waals surface area (Å²) < 4.78 is 0.862. The lowest BCUT2D eigenvalue weighted by atomic mass is 10.0. The second-order valence-electron chi connectivity index (χ2n) is 17.8. The number of hydrogen-bond donors (Lipinski definition) is 11. The molecule has 1 heterocycles. The van der Waals surface area contributed by atoms with E-state index in [9.17, 15) is 68.7 Å². The molecule has 1 saturated heterocycles. The van der Waals surface area contributed by atoms with Crippen LogP contribution in [0.1, 0.15) is 62.5 Å². The highest BCUT2D eigenvalue weighted by atomic mass is 79.9. The Morgan fingerprint density at radius 3 is 1.80 bits per heavy atom. The summed E-state index contributed by atoms with van der Waals surface area (Å²) in [6, 6.07) is 10.3. The summed E-state index contributed by atoms with van der Waals surface area (Å²) in [5.74, 6) is -7.38. The molecule has 2 aromatic carbocycles. The molecule has 0 spiro atoms. The van der Waals surface area contributed by atoms with Crippen LogP contribution in [0.15, 0.2) is 53.0 Å². The lowest BCUT2D eigenvalue weighted by Crippen LogP contribution is -2.53. The number of unbranched alkanes of at least 4 members (excludes halogenated alkanes) is 2. The zero-order valence-electron chi connectivity index (χ0n) is 42.5. The number of rotatable bonds is 30. The number of urea groups is 1. The van der Waals surface area contributed by atoms with Crippen molar-refractivity contribution in [3.05, 3.63) is 64.1 Å². The Bertz CT molecular complexity index is 2200. The van der Waals surface area contributed by atoms with Gasteiger partial charge in [-0.15, -0.1) is 0 Å². The molecule has 1 aliphatic heterocycles. The SMILES string of the molecule is CO.O=CCN1CCN(CC(=O)O)CCN(CC(=O)O)CC(Cc2ccc(NC(=S)NCCCCC(=O)N(CCCCC(NC(=O)NC(CCC(=O)O)C(=O)O)C(=O)O)Cc3ccc(Br)cc3)cc2)N(CC(=O)O)CC1. The molecule has 11 N–H and O–H groups in total. The first-order chi connectivity index (χ1) is 36.2. The third-order valence-electron chi connectivity index (χ3n) is 12.0. The van der Waals surface area contributed by atoms with Crippen LogP contribution in [0.3, 0.4) is 0 Å². The Morgan fingerprint density at radius 2 is 1.22 bits per heavy atom. The number of benzene rings is 2. The predicted octanol–water partition coefficient (Wildman–Crippen LogP) is 1.37. The van der Waals surface area contributed by atoms with Crippen LogP contribution in [0.4, 0.5) is 10.5 Å². The lowest BCUT2D eigenvalue weighted by Gasteiger charge is -2.37. The van der Waals surface area contributed by atoms with E-state index in [-0.39, 0.29) is 77.7 Å². The van der Waals surface area contributed by atoms with Crippen molar-refractivity contribution in [3.8, 4) is 0 Å². The molecule has 3 unspecified atom stereocenters. The summed E-state index contributed by atoms with van der Waals surface area (Å²) in [4.78, 5) is 116. The largest absolute Gasteiger partial charge is 0.481 e. The van der Waals surface area contributed by atoms with E-state index in [0.29, 0.717) is 75.6 Å². The van der Waals surface area contributed by atoms with Crippen molar-refractivity contribution >= 4 is 93.0 Å². The number of nitrogens with zero attached hydrogens (tertiary/aromatic N) is 5. The smallest absolute Gasteiger partial charge is 0.326 e. The van der Waals surface area contributed by atoms with Gasteiger partial charge in [-0.2, -0.15) is 0 Å². The molecule has 1 fully saturated rings. The van der Waals surface area contributed by atoms with Crippen LogP contribution in [0.5, 0.6) is 0 Å². The van der Waals surface area contributed by atoms with Crippen molar-refractivity contribution in [2.75, 3.05) is 97.5 Å². The Kier molecular flexibility index (Phi) is 31.7. The van der Waals surface area contributed by atoms with Gasteiger partial charge >= 0.3 is 41.8 Å². The first-order valence-corrected chi connectivity index (χ1v) is 25.8. The van der Waals surface area contributed by atoms with Gasteiger partial charge in [-0.25, -0.2) is 14.4 Å². The highest BCUT2D eigenvalue weighted by molar-refractivity contribution is 9.10. The van der Waals surface area contributed by atoms with Crippen molar-refractivity contribution < 1.29 is 78.9 Å². The number of anilines is 1. The highest BCUT2D eigenvalue weighted by Gasteiger charge is 2.28. The normalized spacial score (nSPS) is 15.6. The molecule has 76 heavy (non-hydrogen) atoms. The second kappa shape index (κ2) is 36.6. The van der Waals surface area contributed by atoms with Gasteiger partial charge in [-0.05, 0) is 92.6 Å². The number of amides is 3. The van der Waals surface area contributed by atoms with Crippen LogP contribution in [-0.4, -0.2) is 230 Å². The molecule has 0 aromatic heterocycles. The number of carboxylic acid groups (broad SMARTS) is 6. The number of aliphatic carboxylic acids is 6. The van der Waals surface area contributed by atoms with Crippen LogP contribution in [-0.2, 0) is 51.3 Å². The van der Waals surface area contributed by atoms with Gasteiger partial charge in [-0.3, -0.25) is 43.6 Å². The number of aliphatic hydroxyl groups is 1. The molecular weight excluding hydrogens is 1080 g/mol. The van der Waals surface area contributed by atoms with Gasteiger partial charge in [0.1, 0.15) is 18.4 Å². The van der Waals surface area contributed by atoms with Crippen LogP contribution >= 0.6 is 28.1 Å². The zero-order chi connectivity index (χ0) is 56.6. The third-order valence-corrected chi connectivity index (χ3v) is 12.8. The molecular formula is C49H72BrN9O16S. The van der Waals surface area contributed by atoms with E-state index in [4.69, 9.17) is 22.4 Å². The molecule has 0 radical (unpaired) electrons. The molecule has 422 valence electrons. The number of thiocarbonyl (C=S) groups is 1. The number of nitrogens with one attached hydrogen (secondary N) is 4. The third kappa shape index (κ3) is 28.0. The molecule has 3 rings (SSSR count). The van der Waals surface area contributed by atoms with Gasteiger partial charge in [0.05, 0.1) is 26.2 Å². The van der Waals surface area contributed by atoms with Gasteiger partial charge in [-0.1, -0.05) is 40.2 Å². The minimum absolute atomic E-state index is 0.0222. The fourth-order valence-electron chi connectivity index (χ4n) is 8.12. The molecule has 2 aromatic rings. The maximum Gasteiger partial charge on any atom is 0.326 e. The van der Waals surface area contributed by atoms with E-state index >= 15 is 0 Å². The van der Waals surface area contributed by atoms with E-state index in [1.807, 2.05) is 53.4 Å². The number of aliphatic hydroxyl groups excluding tert-OH is 1. The topological polar surface area (TPSA) is 360 Å². The number of carbonyl (C=O) groups is 9. The van der Waals surface area contributed by atoms with Crippen molar-refractivity contribution in [1.29, 1.82) is 0 Å². The molecule has 0 aliphatic carbocycles. The van der Waals surface area contributed by atoms with Gasteiger partial charge in [0.15, 0.2) is 5.11 Å². The van der Waals surface area contributed by atoms with Crippen LogP contribution in [0.25, 0.3) is 0 Å². The van der Waals surface area contributed by atoms with E-state index in [1.54, 1.807) is 19.6 Å². The molecule has 0 bridgehead atoms. The van der Waals surface area contributed by atoms with E-state index in [0.717, 1.165) is 29.0 Å². The van der Waals surface area contributed by atoms with Crippen molar-refractivity contribution in [2.24, 2.45) is 0 Å². The number of hydrogen-bond acceptors (Lipinski definition) is 15. The standard InChI is InChI=1S/C48H68BrN9O15S.CH4O/c49-35-11-7-34(8-12-35)28-58(18-4-2-5-38(45(69)70)52-47(73)53-39(46(71)72)15-16-41(61)62)40(60)6-1-3-17-50-48(74)51-36-13-9-33(10-14-36)27-37-29-56(31-43(65)66)22-21-55(30-42(63)64)20-19-54(25-26-59)23-24-57(37)32-44(67)68;1-2/h7-14,26,37-39H,1-6,15-25,27-32H2,(H,61,62)(H,63,64)(H,65,66)(H,67,68)(H,69,70)(H,71,72)(H2,50,51,74)(H2,52,53,73);2H,1H3. The lowest BCUT2D eigenvalue weighted by molar-refractivity contribution is -0.141. The monoisotopic (exact) mass is 1150 g/mol. The Morgan fingerprint density at radius 1 is 0.671 bits per heavy atom. The Labute approximate surface area is 454 Å². The average molecular weight is 1160 g/mol. The Balaban J connectivity index is 0.00000976. The average Bonchev–Trinajstić information content (AvgIpc) is 3.35. The minimum atomic E-state index is -1.53. The van der Waals surface area contributed by atoms with Crippen molar-refractivity contribution in [2.45, 2.75) is 82.5 Å². The second-order valence-corrected chi connectivity index (χ2v) is 19.1. The first kappa shape index (κ1) is 65.8. The molecule has 0 saturated carbocycles. The maximum absolute atomic E-state index is 13.6. The quantitative estimate of drug-likeness (QED) is 0.0299. The summed E-state index contributed by atoms with van der Waals surface area (Å²) in [6.07, 6.45) is 2.16. The van der Waals surface area contributed by atoms with Crippen LogP contribution in [0.2, 0.25) is 0 Å².